The van der Waals surface area contributed by atoms with E-state index in [4.69, 9.17) is 9.47 Å². The monoisotopic (exact) mass is 529 g/mol. The van der Waals surface area contributed by atoms with Crippen molar-refractivity contribution in [2.24, 2.45) is 0 Å². The van der Waals surface area contributed by atoms with E-state index in [2.05, 4.69) is 15.6 Å². The molecule has 36 heavy (non-hydrogen) atoms. The largest absolute Gasteiger partial charge is 0.465 e. The topological polar surface area (TPSA) is 124 Å². The molecule has 0 bridgehead atoms. The summed E-state index contributed by atoms with van der Waals surface area (Å²) in [5.41, 5.74) is 2.24. The average molecular weight is 530 g/mol. The van der Waals surface area contributed by atoms with Gasteiger partial charge in [0, 0.05) is 9.75 Å². The van der Waals surface area contributed by atoms with Crippen LogP contribution in [0, 0.1) is 13.8 Å². The molecule has 0 aliphatic rings. The predicted molar refractivity (Wildman–Crippen MR) is 140 cm³/mol. The van der Waals surface area contributed by atoms with E-state index < -0.39 is 23.8 Å². The molecule has 0 unspecified atom stereocenters. The van der Waals surface area contributed by atoms with Gasteiger partial charge in [0.15, 0.2) is 0 Å². The van der Waals surface area contributed by atoms with Crippen LogP contribution in [-0.2, 0) is 22.3 Å². The minimum Gasteiger partial charge on any atom is -0.465 e. The van der Waals surface area contributed by atoms with Gasteiger partial charge in [-0.25, -0.2) is 14.6 Å². The van der Waals surface area contributed by atoms with E-state index in [0.29, 0.717) is 34.0 Å². The molecule has 2 N–H and O–H groups in total. The van der Waals surface area contributed by atoms with Crippen molar-refractivity contribution in [3.05, 3.63) is 61.6 Å². The Morgan fingerprint density at radius 2 is 1.17 bits per heavy atom. The Morgan fingerprint density at radius 3 is 1.50 bits per heavy atom. The summed E-state index contributed by atoms with van der Waals surface area (Å²) in [7, 11) is 2.57. The first-order valence-electron chi connectivity index (χ1n) is 11.2. The third-order valence-corrected chi connectivity index (χ3v) is 7.70. The molecule has 9 nitrogen and oxygen atoms in total. The average Bonchev–Trinajstić information content (AvgIpc) is 3.37. The number of pyridine rings is 1. The van der Waals surface area contributed by atoms with Crippen molar-refractivity contribution >= 4 is 56.4 Å². The molecule has 3 heterocycles. The van der Waals surface area contributed by atoms with Crippen LogP contribution in [0.3, 0.4) is 0 Å². The van der Waals surface area contributed by atoms with Crippen molar-refractivity contribution in [1.29, 1.82) is 0 Å². The number of esters is 2. The van der Waals surface area contributed by atoms with E-state index in [1.807, 2.05) is 27.7 Å². The molecule has 0 aromatic carbocycles. The summed E-state index contributed by atoms with van der Waals surface area (Å²) in [6.07, 6.45) is 1.21. The van der Waals surface area contributed by atoms with Crippen LogP contribution in [0.4, 0.5) is 10.0 Å². The van der Waals surface area contributed by atoms with Crippen molar-refractivity contribution in [2.75, 3.05) is 24.9 Å². The Bertz CT molecular complexity index is 1240. The first-order valence-corrected chi connectivity index (χ1v) is 12.8. The summed E-state index contributed by atoms with van der Waals surface area (Å²) in [6.45, 7) is 7.57. The Labute approximate surface area is 216 Å². The molecule has 0 spiro atoms. The summed E-state index contributed by atoms with van der Waals surface area (Å²) in [5.74, 6) is -2.22. The zero-order chi connectivity index (χ0) is 26.6. The highest BCUT2D eigenvalue weighted by Gasteiger charge is 2.25. The number of nitrogens with one attached hydrogen (secondary N) is 2. The minimum absolute atomic E-state index is 0.00707. The highest BCUT2D eigenvalue weighted by Crippen LogP contribution is 2.35. The van der Waals surface area contributed by atoms with Crippen LogP contribution >= 0.6 is 22.7 Å². The number of amides is 2. The molecule has 190 valence electrons. The second-order valence-corrected chi connectivity index (χ2v) is 10.1. The van der Waals surface area contributed by atoms with Gasteiger partial charge in [-0.2, -0.15) is 0 Å². The van der Waals surface area contributed by atoms with Crippen molar-refractivity contribution in [1.82, 2.24) is 4.98 Å². The van der Waals surface area contributed by atoms with Gasteiger partial charge in [0.05, 0.1) is 25.3 Å². The Balaban J connectivity index is 1.87. The molecule has 2 amide bonds. The predicted octanol–water partition coefficient (Wildman–Crippen LogP) is 5.02. The lowest BCUT2D eigenvalue weighted by molar-refractivity contribution is 0.0592. The van der Waals surface area contributed by atoms with Crippen LogP contribution in [-0.4, -0.2) is 43.0 Å². The van der Waals surface area contributed by atoms with Crippen molar-refractivity contribution in [3.8, 4) is 0 Å². The summed E-state index contributed by atoms with van der Waals surface area (Å²) in [6, 6.07) is 4.47. The molecule has 0 fully saturated rings. The lowest BCUT2D eigenvalue weighted by atomic mass is 10.1. The zero-order valence-electron chi connectivity index (χ0n) is 20.9. The van der Waals surface area contributed by atoms with Gasteiger partial charge in [-0.3, -0.25) is 9.59 Å². The number of aryl methyl sites for hydroxylation is 2. The van der Waals surface area contributed by atoms with E-state index >= 15 is 0 Å². The molecule has 11 heteroatoms. The van der Waals surface area contributed by atoms with E-state index in [1.165, 1.54) is 55.1 Å². The molecule has 0 aliphatic carbocycles. The van der Waals surface area contributed by atoms with Gasteiger partial charge < -0.3 is 20.1 Å². The van der Waals surface area contributed by atoms with Crippen molar-refractivity contribution < 1.29 is 28.7 Å². The van der Waals surface area contributed by atoms with Crippen LogP contribution in [0.15, 0.2) is 18.2 Å². The number of ether oxygens (including phenoxy) is 2. The zero-order valence-corrected chi connectivity index (χ0v) is 22.5. The summed E-state index contributed by atoms with van der Waals surface area (Å²) in [5, 5.41) is 6.18. The van der Waals surface area contributed by atoms with Gasteiger partial charge in [0.2, 0.25) is 0 Å². The molecule has 3 rings (SSSR count). The van der Waals surface area contributed by atoms with E-state index in [1.54, 1.807) is 0 Å². The van der Waals surface area contributed by atoms with Crippen LogP contribution < -0.4 is 10.6 Å². The minimum atomic E-state index is -0.575. The van der Waals surface area contributed by atoms with E-state index in [-0.39, 0.29) is 11.4 Å². The number of carbonyl (C=O) groups is 4. The SMILES string of the molecule is CCc1c(C)sc(NC(=O)c2cccc(C(=O)Nc3sc(C)c(CC)c3C(=O)OC)n2)c1C(=O)OC. The van der Waals surface area contributed by atoms with Crippen molar-refractivity contribution in [3.63, 3.8) is 0 Å². The maximum atomic E-state index is 13.0. The van der Waals surface area contributed by atoms with E-state index in [9.17, 15) is 19.2 Å². The molecular formula is C25H27N3O6S2. The first kappa shape index (κ1) is 27.0. The fourth-order valence-corrected chi connectivity index (χ4v) is 6.10. The van der Waals surface area contributed by atoms with E-state index in [0.717, 1.165) is 20.9 Å². The Kier molecular flexibility index (Phi) is 8.59. The van der Waals surface area contributed by atoms with Gasteiger partial charge in [0.25, 0.3) is 11.8 Å². The smallest absolute Gasteiger partial charge is 0.341 e. The number of rotatable bonds is 8. The number of hydrogen-bond donors (Lipinski definition) is 2. The van der Waals surface area contributed by atoms with Crippen molar-refractivity contribution in [2.45, 2.75) is 40.5 Å². The number of carbonyl (C=O) groups excluding carboxylic acids is 4. The van der Waals surface area contributed by atoms with Gasteiger partial charge >= 0.3 is 11.9 Å². The molecule has 0 saturated heterocycles. The molecule has 0 radical (unpaired) electrons. The maximum absolute atomic E-state index is 13.0. The third kappa shape index (κ3) is 5.31. The second kappa shape index (κ2) is 11.4. The normalized spacial score (nSPS) is 10.6. The Morgan fingerprint density at radius 1 is 0.778 bits per heavy atom. The molecular weight excluding hydrogens is 502 g/mol. The van der Waals surface area contributed by atoms with Gasteiger partial charge in [0.1, 0.15) is 21.4 Å². The maximum Gasteiger partial charge on any atom is 0.341 e. The number of methoxy groups -OCH3 is 2. The van der Waals surface area contributed by atoms with Gasteiger partial charge in [-0.1, -0.05) is 19.9 Å². The Hall–Kier alpha value is -3.57. The number of thiophene rings is 2. The number of nitrogens with zero attached hydrogens (tertiary/aromatic N) is 1. The number of hydrogen-bond acceptors (Lipinski definition) is 9. The van der Waals surface area contributed by atoms with Crippen LogP contribution in [0.1, 0.15) is 76.4 Å². The van der Waals surface area contributed by atoms with Crippen LogP contribution in [0.2, 0.25) is 0 Å². The van der Waals surface area contributed by atoms with Gasteiger partial charge in [-0.05, 0) is 49.9 Å². The van der Waals surface area contributed by atoms with Crippen LogP contribution in [0.25, 0.3) is 0 Å². The molecule has 3 aromatic heterocycles. The lowest BCUT2D eigenvalue weighted by Gasteiger charge is -2.09. The first-order chi connectivity index (χ1) is 17.2. The molecule has 0 atom stereocenters. The highest BCUT2D eigenvalue weighted by molar-refractivity contribution is 7.17. The fraction of sp³-hybridized carbons (Fsp3) is 0.320. The standard InChI is InChI=1S/C25H27N3O6S2/c1-7-14-12(3)35-22(18(14)24(31)33-5)27-20(29)16-10-9-11-17(26-16)21(30)28-23-19(25(32)34-6)15(8-2)13(4)36-23/h9-11H,7-8H2,1-6H3,(H,27,29)(H,28,30). The quantitative estimate of drug-likeness (QED) is 0.393. The lowest BCUT2D eigenvalue weighted by Crippen LogP contribution is -2.19. The molecule has 0 aliphatic heterocycles. The third-order valence-electron chi connectivity index (χ3n) is 5.57. The summed E-state index contributed by atoms with van der Waals surface area (Å²) in [4.78, 5) is 56.6. The second-order valence-electron chi connectivity index (χ2n) is 7.69. The number of anilines is 2. The summed E-state index contributed by atoms with van der Waals surface area (Å²) >= 11 is 2.55. The molecule has 0 saturated carbocycles. The fourth-order valence-electron chi connectivity index (χ4n) is 3.84. The summed E-state index contributed by atoms with van der Waals surface area (Å²) < 4.78 is 9.79. The number of aromatic nitrogens is 1. The van der Waals surface area contributed by atoms with Gasteiger partial charge in [-0.15, -0.1) is 22.7 Å². The molecule has 3 aromatic rings. The van der Waals surface area contributed by atoms with Crippen LogP contribution in [0.5, 0.6) is 0 Å². The highest BCUT2D eigenvalue weighted by atomic mass is 32.1.